The number of hydrogen-bond acceptors (Lipinski definition) is 7. The fourth-order valence-corrected chi connectivity index (χ4v) is 5.77. The van der Waals surface area contributed by atoms with Crippen molar-refractivity contribution >= 4 is 26.9 Å². The predicted molar refractivity (Wildman–Crippen MR) is 142 cm³/mol. The third-order valence-corrected chi connectivity index (χ3v) is 8.02. The molecule has 0 amide bonds. The third kappa shape index (κ3) is 8.91. The van der Waals surface area contributed by atoms with Crippen molar-refractivity contribution in [2.24, 2.45) is 0 Å². The number of carboxylic acids is 1. The molecule has 10 heteroatoms. The van der Waals surface area contributed by atoms with Gasteiger partial charge in [-0.05, 0) is 59.5 Å². The Kier molecular flexibility index (Phi) is 9.71. The summed E-state index contributed by atoms with van der Waals surface area (Å²) >= 11 is 0. The van der Waals surface area contributed by atoms with E-state index in [1.54, 1.807) is 43.3 Å². The summed E-state index contributed by atoms with van der Waals surface area (Å²) in [5, 5.41) is 18.1. The van der Waals surface area contributed by atoms with Crippen LogP contribution in [0.5, 0.6) is 17.2 Å². The molecular formula is C27H30O8S2. The molecule has 3 aromatic carbocycles. The van der Waals surface area contributed by atoms with Crippen molar-refractivity contribution in [3.05, 3.63) is 89.5 Å². The molecule has 0 spiro atoms. The highest BCUT2D eigenvalue weighted by atomic mass is 32.2. The van der Waals surface area contributed by atoms with Gasteiger partial charge in [-0.3, -0.25) is 9.00 Å². The number of carboxylic acid groups (broad SMARTS) is 1. The van der Waals surface area contributed by atoms with Crippen LogP contribution >= 0.6 is 0 Å². The van der Waals surface area contributed by atoms with Gasteiger partial charge in [0.1, 0.15) is 22.5 Å². The molecule has 8 nitrogen and oxygen atoms in total. The van der Waals surface area contributed by atoms with E-state index in [-0.39, 0.29) is 17.3 Å². The first-order valence-electron chi connectivity index (χ1n) is 11.6. The second-order valence-electron chi connectivity index (χ2n) is 8.65. The van der Waals surface area contributed by atoms with Crippen LogP contribution in [0.3, 0.4) is 0 Å². The van der Waals surface area contributed by atoms with Gasteiger partial charge in [-0.25, -0.2) is 0 Å². The zero-order valence-corrected chi connectivity index (χ0v) is 22.2. The van der Waals surface area contributed by atoms with Crippen molar-refractivity contribution in [2.75, 3.05) is 18.6 Å². The lowest BCUT2D eigenvalue weighted by Crippen LogP contribution is -2.33. The van der Waals surface area contributed by atoms with Crippen LogP contribution in [0.15, 0.2) is 72.8 Å². The van der Waals surface area contributed by atoms with Gasteiger partial charge in [-0.1, -0.05) is 43.3 Å². The van der Waals surface area contributed by atoms with E-state index in [4.69, 9.17) is 8.92 Å². The Balaban J connectivity index is 1.53. The van der Waals surface area contributed by atoms with Crippen molar-refractivity contribution in [1.29, 1.82) is 0 Å². The summed E-state index contributed by atoms with van der Waals surface area (Å²) in [6, 6.07) is 20.3. The summed E-state index contributed by atoms with van der Waals surface area (Å²) in [6.07, 6.45) is 2.04. The second kappa shape index (κ2) is 12.7. The van der Waals surface area contributed by atoms with Crippen molar-refractivity contribution in [1.82, 2.24) is 0 Å². The van der Waals surface area contributed by atoms with Gasteiger partial charge < -0.3 is 19.1 Å². The van der Waals surface area contributed by atoms with Gasteiger partial charge in [0.15, 0.2) is 0 Å². The lowest BCUT2D eigenvalue weighted by molar-refractivity contribution is -0.136. The maximum Gasteiger partial charge on any atom is 0.319 e. The zero-order chi connectivity index (χ0) is 27.0. The molecule has 0 aliphatic carbocycles. The van der Waals surface area contributed by atoms with E-state index in [0.717, 1.165) is 22.9 Å². The fourth-order valence-electron chi connectivity index (χ4n) is 3.78. The third-order valence-electron chi connectivity index (χ3n) is 5.75. The topological polar surface area (TPSA) is 127 Å². The molecule has 2 N–H and O–H groups in total. The smallest absolute Gasteiger partial charge is 0.319 e. The highest BCUT2D eigenvalue weighted by Gasteiger charge is 2.31. The van der Waals surface area contributed by atoms with Gasteiger partial charge >= 0.3 is 16.1 Å². The Hall–Kier alpha value is -3.37. The number of aromatic hydroxyl groups is 1. The average Bonchev–Trinajstić information content (AvgIpc) is 2.84. The summed E-state index contributed by atoms with van der Waals surface area (Å²) in [7, 11) is -5.17. The maximum absolute atomic E-state index is 12.9. The van der Waals surface area contributed by atoms with Crippen LogP contribution in [0.4, 0.5) is 0 Å². The Morgan fingerprint density at radius 3 is 2.00 bits per heavy atom. The number of ether oxygens (including phenoxy) is 1. The van der Waals surface area contributed by atoms with Gasteiger partial charge in [0.2, 0.25) is 0 Å². The number of benzene rings is 3. The Labute approximate surface area is 219 Å². The highest BCUT2D eigenvalue weighted by molar-refractivity contribution is 7.86. The first-order valence-corrected chi connectivity index (χ1v) is 14.8. The van der Waals surface area contributed by atoms with Crippen molar-refractivity contribution in [3.8, 4) is 17.2 Å². The SMILES string of the molecule is CC(c1ccc(CCOc2ccc(OS(C)(=O)=O)cc2)cc1)[C@@H](C(=O)O)S(=O)CCc1ccc(O)cc1. The summed E-state index contributed by atoms with van der Waals surface area (Å²) in [6.45, 7) is 2.16. The molecule has 0 aliphatic rings. The number of aliphatic carboxylic acids is 1. The van der Waals surface area contributed by atoms with Crippen molar-refractivity contribution in [3.63, 3.8) is 0 Å². The predicted octanol–water partition coefficient (Wildman–Crippen LogP) is 3.90. The van der Waals surface area contributed by atoms with Gasteiger partial charge in [-0.15, -0.1) is 0 Å². The van der Waals surface area contributed by atoms with Crippen LogP contribution in [0, 0.1) is 0 Å². The largest absolute Gasteiger partial charge is 0.508 e. The summed E-state index contributed by atoms with van der Waals surface area (Å²) in [5.41, 5.74) is 2.66. The minimum absolute atomic E-state index is 0.146. The van der Waals surface area contributed by atoms with E-state index >= 15 is 0 Å². The monoisotopic (exact) mass is 546 g/mol. The number of aryl methyl sites for hydroxylation is 1. The Morgan fingerprint density at radius 2 is 1.43 bits per heavy atom. The van der Waals surface area contributed by atoms with E-state index in [2.05, 4.69) is 0 Å². The van der Waals surface area contributed by atoms with Gasteiger partial charge in [-0.2, -0.15) is 8.42 Å². The first kappa shape index (κ1) is 28.2. The normalized spacial score (nSPS) is 13.9. The van der Waals surface area contributed by atoms with Gasteiger partial charge in [0.05, 0.1) is 12.9 Å². The van der Waals surface area contributed by atoms with Crippen LogP contribution in [-0.4, -0.2) is 52.7 Å². The van der Waals surface area contributed by atoms with E-state index < -0.39 is 38.1 Å². The van der Waals surface area contributed by atoms with E-state index in [1.807, 2.05) is 24.3 Å². The Morgan fingerprint density at radius 1 is 0.892 bits per heavy atom. The summed E-state index contributed by atoms with van der Waals surface area (Å²) < 4.78 is 45.7. The zero-order valence-electron chi connectivity index (χ0n) is 20.6. The van der Waals surface area contributed by atoms with E-state index in [9.17, 15) is 27.6 Å². The van der Waals surface area contributed by atoms with E-state index in [0.29, 0.717) is 25.2 Å². The number of phenolic OH excluding ortho intramolecular Hbond substituents is 1. The molecular weight excluding hydrogens is 516 g/mol. The van der Waals surface area contributed by atoms with Crippen LogP contribution in [0.25, 0.3) is 0 Å². The number of rotatable bonds is 13. The molecule has 3 aromatic rings. The maximum atomic E-state index is 12.9. The fraction of sp³-hybridized carbons (Fsp3) is 0.296. The molecule has 37 heavy (non-hydrogen) atoms. The molecule has 0 saturated carbocycles. The molecule has 0 aliphatic heterocycles. The molecule has 0 saturated heterocycles. The second-order valence-corrected chi connectivity index (χ2v) is 11.9. The molecule has 2 unspecified atom stereocenters. The van der Waals surface area contributed by atoms with Crippen LogP contribution < -0.4 is 8.92 Å². The summed E-state index contributed by atoms with van der Waals surface area (Å²) in [5.74, 6) is -0.403. The Bertz CT molecular complexity index is 1300. The first-order chi connectivity index (χ1) is 17.5. The number of carbonyl (C=O) groups is 1. The molecule has 0 aromatic heterocycles. The standard InChI is InChI=1S/C27H30O8S2/c1-19(26(27(29)30)36(31)18-16-21-5-9-23(28)10-6-21)22-7-3-20(4-8-22)15-17-34-24-11-13-25(14-12-24)35-37(2,32)33/h3-14,19,26,28H,15-18H2,1-2H3,(H,29,30)/t19?,26-,36?/m0/s1. The molecule has 3 rings (SSSR count). The molecule has 0 fully saturated rings. The van der Waals surface area contributed by atoms with Crippen molar-refractivity contribution < 1.29 is 36.6 Å². The molecule has 0 bridgehead atoms. The lowest BCUT2D eigenvalue weighted by Gasteiger charge is -2.20. The molecule has 3 atom stereocenters. The summed E-state index contributed by atoms with van der Waals surface area (Å²) in [4.78, 5) is 12.0. The molecule has 198 valence electrons. The highest BCUT2D eigenvalue weighted by Crippen LogP contribution is 2.25. The van der Waals surface area contributed by atoms with Gasteiger partial charge in [0, 0.05) is 28.9 Å². The van der Waals surface area contributed by atoms with Crippen LogP contribution in [-0.2, 0) is 38.6 Å². The minimum Gasteiger partial charge on any atom is -0.508 e. The van der Waals surface area contributed by atoms with E-state index in [1.165, 1.54) is 12.1 Å². The molecule has 0 radical (unpaired) electrons. The molecule has 0 heterocycles. The lowest BCUT2D eigenvalue weighted by atomic mass is 9.96. The van der Waals surface area contributed by atoms with Gasteiger partial charge in [0.25, 0.3) is 0 Å². The number of phenols is 1. The minimum atomic E-state index is -3.58. The average molecular weight is 547 g/mol. The number of hydrogen-bond donors (Lipinski definition) is 2. The quantitative estimate of drug-likeness (QED) is 0.309. The van der Waals surface area contributed by atoms with Crippen molar-refractivity contribution in [2.45, 2.75) is 30.9 Å². The van der Waals surface area contributed by atoms with Crippen LogP contribution in [0.2, 0.25) is 0 Å². The van der Waals surface area contributed by atoms with Crippen LogP contribution in [0.1, 0.15) is 29.5 Å².